The highest BCUT2D eigenvalue weighted by Crippen LogP contribution is 2.55. The number of rotatable bonds is 3. The Morgan fingerprint density at radius 2 is 1.87 bits per heavy atom. The highest BCUT2D eigenvalue weighted by molar-refractivity contribution is 5.93. The Hall–Kier alpha value is -1.87. The molecule has 5 aliphatic rings. The molecule has 0 aromatic carbocycles. The van der Waals surface area contributed by atoms with Crippen LogP contribution in [0, 0.1) is 17.8 Å². The normalized spacial score (nSPS) is 39.6. The largest absolute Gasteiger partial charge is 0.418 e. The molecule has 0 spiro atoms. The van der Waals surface area contributed by atoms with E-state index in [1.54, 1.807) is 18.2 Å². The number of pyridine rings is 1. The van der Waals surface area contributed by atoms with Crippen molar-refractivity contribution in [3.8, 4) is 0 Å². The number of aliphatic hydroxyl groups is 2. The van der Waals surface area contributed by atoms with E-state index in [0.29, 0.717) is 25.3 Å². The Labute approximate surface area is 178 Å². The molecule has 1 saturated heterocycles. The lowest BCUT2D eigenvalue weighted by Gasteiger charge is -2.58. The average Bonchev–Trinajstić information content (AvgIpc) is 2.69. The molecule has 3 N–H and O–H groups in total. The Morgan fingerprint density at radius 1 is 1.16 bits per heavy atom. The summed E-state index contributed by atoms with van der Waals surface area (Å²) in [6, 6.07) is 4.73. The fraction of sp³-hybridized carbons (Fsp3) is 0.727. The third-order valence-electron chi connectivity index (χ3n) is 7.83. The number of piperidine rings is 1. The maximum Gasteiger partial charge on any atom is 0.418 e. The molecule has 31 heavy (non-hydrogen) atoms. The molecule has 0 radical (unpaired) electrons. The summed E-state index contributed by atoms with van der Waals surface area (Å²) in [5.74, 6) is 0.965. The Bertz CT molecular complexity index is 863. The van der Waals surface area contributed by atoms with E-state index in [-0.39, 0.29) is 48.1 Å². The van der Waals surface area contributed by atoms with Gasteiger partial charge in [-0.05, 0) is 74.8 Å². The van der Waals surface area contributed by atoms with Crippen molar-refractivity contribution in [2.45, 2.75) is 68.4 Å². The summed E-state index contributed by atoms with van der Waals surface area (Å²) in [6.07, 6.45) is -0.560. The molecule has 6 nitrogen and oxygen atoms in total. The maximum absolute atomic E-state index is 13.3. The molecule has 3 atom stereocenters. The number of hydrogen-bond acceptors (Lipinski definition) is 5. The second-order valence-corrected chi connectivity index (χ2v) is 10.1. The summed E-state index contributed by atoms with van der Waals surface area (Å²) in [7, 11) is 0. The number of anilines is 1. The molecule has 1 aromatic heterocycles. The van der Waals surface area contributed by atoms with Gasteiger partial charge in [0.15, 0.2) is 5.60 Å². The van der Waals surface area contributed by atoms with Crippen molar-refractivity contribution >= 4 is 11.7 Å². The van der Waals surface area contributed by atoms with Crippen LogP contribution in [0.4, 0.5) is 19.0 Å². The number of carbonyl (C=O) groups excluding carboxylic acids is 1. The predicted octanol–water partition coefficient (Wildman–Crippen LogP) is 2.64. The second-order valence-electron chi connectivity index (χ2n) is 10.1. The molecule has 1 amide bonds. The number of β-amino-alcohol motifs (C(OH)–C–C–N with tert-alkyl or cyclic N) is 1. The quantitative estimate of drug-likeness (QED) is 0.674. The van der Waals surface area contributed by atoms with Gasteiger partial charge in [0.1, 0.15) is 11.5 Å². The first-order valence-electron chi connectivity index (χ1n) is 11.1. The molecule has 1 aliphatic heterocycles. The monoisotopic (exact) mass is 439 g/mol. The first-order valence-corrected chi connectivity index (χ1v) is 11.1. The maximum atomic E-state index is 13.3. The first kappa shape index (κ1) is 21.0. The van der Waals surface area contributed by atoms with Gasteiger partial charge in [-0.2, -0.15) is 13.2 Å². The van der Waals surface area contributed by atoms with E-state index in [1.165, 1.54) is 4.90 Å². The zero-order valence-corrected chi connectivity index (χ0v) is 17.2. The molecule has 4 saturated carbocycles. The number of aromatic nitrogens is 1. The van der Waals surface area contributed by atoms with Crippen LogP contribution < -0.4 is 10.2 Å². The summed E-state index contributed by atoms with van der Waals surface area (Å²) in [5.41, 5.74) is -3.20. The van der Waals surface area contributed by atoms with Gasteiger partial charge < -0.3 is 20.4 Å². The van der Waals surface area contributed by atoms with Crippen LogP contribution in [0.5, 0.6) is 0 Å². The Morgan fingerprint density at radius 3 is 2.52 bits per heavy atom. The lowest BCUT2D eigenvalue weighted by Crippen LogP contribution is -2.61. The van der Waals surface area contributed by atoms with E-state index in [2.05, 4.69) is 10.3 Å². The third kappa shape index (κ3) is 3.69. The third-order valence-corrected chi connectivity index (χ3v) is 7.83. The fourth-order valence-corrected chi connectivity index (χ4v) is 6.63. The molecule has 170 valence electrons. The van der Waals surface area contributed by atoms with Crippen molar-refractivity contribution in [2.24, 2.45) is 17.8 Å². The molecular weight excluding hydrogens is 411 g/mol. The highest BCUT2D eigenvalue weighted by Gasteiger charge is 2.56. The van der Waals surface area contributed by atoms with Crippen LogP contribution in [0.2, 0.25) is 0 Å². The number of carbonyl (C=O) groups is 1. The number of hydrogen-bond donors (Lipinski definition) is 3. The molecule has 2 heterocycles. The topological polar surface area (TPSA) is 85.7 Å². The summed E-state index contributed by atoms with van der Waals surface area (Å²) < 4.78 is 39.8. The number of nitrogens with zero attached hydrogens (tertiary/aromatic N) is 2. The van der Waals surface area contributed by atoms with E-state index < -0.39 is 23.9 Å². The molecule has 9 heteroatoms. The summed E-state index contributed by atoms with van der Waals surface area (Å²) in [4.78, 5) is 18.7. The van der Waals surface area contributed by atoms with Crippen LogP contribution in [0.1, 0.15) is 55.4 Å². The van der Waals surface area contributed by atoms with Crippen LogP contribution in [-0.2, 0) is 0 Å². The van der Waals surface area contributed by atoms with E-state index in [0.717, 1.165) is 19.3 Å². The molecule has 5 fully saturated rings. The van der Waals surface area contributed by atoms with Crippen LogP contribution in [0.15, 0.2) is 18.2 Å². The summed E-state index contributed by atoms with van der Waals surface area (Å²) >= 11 is 0. The van der Waals surface area contributed by atoms with Crippen molar-refractivity contribution in [3.63, 3.8) is 0 Å². The standard InChI is InChI=1S/C22H28F3N3O3/c23-22(24,25)21(31)5-2-6-28(12-21)17-4-1-3-16(26-17)19(29)27-18-14-7-13-8-15(18)11-20(30,9-13)10-14/h1,3-4,13-15,18,30-31H,2,5-12H2,(H,27,29)/t13?,14?,15?,18-,20-,21?. The summed E-state index contributed by atoms with van der Waals surface area (Å²) in [5, 5.41) is 23.9. The van der Waals surface area contributed by atoms with Crippen molar-refractivity contribution in [3.05, 3.63) is 23.9 Å². The molecule has 4 aliphatic carbocycles. The number of alkyl halides is 3. The SMILES string of the molecule is O=C(N[C@H]1C2CC3CC1C[C@](O)(C3)C2)c1cccc(N2CCCC(O)(C(F)(F)F)C2)n1. The van der Waals surface area contributed by atoms with E-state index in [4.69, 9.17) is 0 Å². The smallest absolute Gasteiger partial charge is 0.390 e. The highest BCUT2D eigenvalue weighted by atomic mass is 19.4. The zero-order chi connectivity index (χ0) is 22.0. The fourth-order valence-electron chi connectivity index (χ4n) is 6.63. The minimum Gasteiger partial charge on any atom is -0.390 e. The molecule has 3 unspecified atom stereocenters. The zero-order valence-electron chi connectivity index (χ0n) is 17.2. The number of nitrogens with one attached hydrogen (secondary N) is 1. The van der Waals surface area contributed by atoms with E-state index >= 15 is 0 Å². The van der Waals surface area contributed by atoms with Gasteiger partial charge in [0.2, 0.25) is 0 Å². The van der Waals surface area contributed by atoms with Gasteiger partial charge >= 0.3 is 6.18 Å². The Balaban J connectivity index is 1.30. The minimum absolute atomic E-state index is 0.0000822. The lowest BCUT2D eigenvalue weighted by atomic mass is 9.52. The molecule has 4 bridgehead atoms. The van der Waals surface area contributed by atoms with E-state index in [1.807, 2.05) is 0 Å². The van der Waals surface area contributed by atoms with Crippen molar-refractivity contribution in [1.82, 2.24) is 10.3 Å². The van der Waals surface area contributed by atoms with Crippen molar-refractivity contribution in [2.75, 3.05) is 18.0 Å². The molecule has 6 rings (SSSR count). The van der Waals surface area contributed by atoms with Gasteiger partial charge in [0.05, 0.1) is 12.1 Å². The van der Waals surface area contributed by atoms with Crippen LogP contribution in [-0.4, -0.2) is 57.6 Å². The second kappa shape index (κ2) is 7.07. The molecule has 1 aromatic rings. The van der Waals surface area contributed by atoms with Crippen molar-refractivity contribution < 1.29 is 28.2 Å². The van der Waals surface area contributed by atoms with Crippen LogP contribution >= 0.6 is 0 Å². The van der Waals surface area contributed by atoms with Gasteiger partial charge in [-0.3, -0.25) is 4.79 Å². The van der Waals surface area contributed by atoms with Crippen molar-refractivity contribution in [1.29, 1.82) is 0 Å². The Kier molecular flexibility index (Phi) is 4.79. The van der Waals surface area contributed by atoms with Crippen LogP contribution in [0.3, 0.4) is 0 Å². The van der Waals surface area contributed by atoms with Gasteiger partial charge in [-0.25, -0.2) is 4.98 Å². The lowest BCUT2D eigenvalue weighted by molar-refractivity contribution is -0.261. The van der Waals surface area contributed by atoms with Gasteiger partial charge in [-0.15, -0.1) is 0 Å². The first-order chi connectivity index (χ1) is 14.6. The van der Waals surface area contributed by atoms with Gasteiger partial charge in [0, 0.05) is 12.6 Å². The average molecular weight is 439 g/mol. The number of halogens is 3. The number of amides is 1. The molecular formula is C22H28F3N3O3. The van der Waals surface area contributed by atoms with Crippen LogP contribution in [0.25, 0.3) is 0 Å². The minimum atomic E-state index is -4.72. The predicted molar refractivity (Wildman–Crippen MR) is 106 cm³/mol. The van der Waals surface area contributed by atoms with E-state index in [9.17, 15) is 28.2 Å². The summed E-state index contributed by atoms with van der Waals surface area (Å²) in [6.45, 7) is -0.259. The van der Waals surface area contributed by atoms with Gasteiger partial charge in [0.25, 0.3) is 5.91 Å². The van der Waals surface area contributed by atoms with Gasteiger partial charge in [-0.1, -0.05) is 6.07 Å².